The van der Waals surface area contributed by atoms with Gasteiger partial charge in [0.05, 0.1) is 10.5 Å². The maximum atomic E-state index is 12.4. The molecule has 0 atom stereocenters. The Morgan fingerprint density at radius 1 is 1.16 bits per heavy atom. The molecule has 6 nitrogen and oxygen atoms in total. The molecule has 134 valence electrons. The minimum Gasteiger partial charge on any atom is -0.434 e. The molecule has 9 heteroatoms. The van der Waals surface area contributed by atoms with E-state index in [-0.39, 0.29) is 21.9 Å². The number of carbonyl (C=O) groups is 1. The third-order valence-electron chi connectivity index (χ3n) is 3.35. The molecule has 2 rings (SSSR count). The molecule has 0 aliphatic rings. The minimum atomic E-state index is -3.70. The number of carbonyl (C=O) groups excluding carboxylic acids is 1. The van der Waals surface area contributed by atoms with E-state index < -0.39 is 22.5 Å². The molecule has 0 aromatic heterocycles. The summed E-state index contributed by atoms with van der Waals surface area (Å²) in [6, 6.07) is 9.85. The smallest absolute Gasteiger partial charge is 0.387 e. The highest BCUT2D eigenvalue weighted by Gasteiger charge is 2.18. The molecule has 0 spiro atoms. The maximum absolute atomic E-state index is 12.4. The van der Waals surface area contributed by atoms with Gasteiger partial charge in [0.25, 0.3) is 5.91 Å². The number of hydrogen-bond acceptors (Lipinski definition) is 4. The largest absolute Gasteiger partial charge is 0.434 e. The third kappa shape index (κ3) is 4.52. The molecule has 0 saturated carbocycles. The summed E-state index contributed by atoms with van der Waals surface area (Å²) in [5.41, 5.74) is 0.603. The molecule has 2 N–H and O–H groups in total. The fourth-order valence-corrected chi connectivity index (χ4v) is 3.12. The summed E-state index contributed by atoms with van der Waals surface area (Å²) in [6.07, 6.45) is 0. The standard InChI is InChI=1S/C16H16F2N2O4S/c1-10-7-8-11(9-14(10)25(22,23)19-2)20-15(21)12-5-3-4-6-13(12)24-16(17)18/h3-9,16,19H,1-2H3,(H,20,21). The molecule has 2 aromatic rings. The Morgan fingerprint density at radius 2 is 1.84 bits per heavy atom. The number of rotatable bonds is 6. The Bertz CT molecular complexity index is 885. The van der Waals surface area contributed by atoms with Crippen LogP contribution in [0.5, 0.6) is 5.75 Å². The van der Waals surface area contributed by atoms with Crippen LogP contribution in [0.25, 0.3) is 0 Å². The molecule has 25 heavy (non-hydrogen) atoms. The number of aryl methyl sites for hydroxylation is 1. The van der Waals surface area contributed by atoms with Crippen LogP contribution in [0.15, 0.2) is 47.4 Å². The molecular weight excluding hydrogens is 354 g/mol. The van der Waals surface area contributed by atoms with E-state index in [0.29, 0.717) is 5.56 Å². The van der Waals surface area contributed by atoms with Gasteiger partial charge in [0, 0.05) is 5.69 Å². The lowest BCUT2D eigenvalue weighted by Crippen LogP contribution is -2.20. The lowest BCUT2D eigenvalue weighted by atomic mass is 10.1. The van der Waals surface area contributed by atoms with Crippen LogP contribution in [-0.4, -0.2) is 28.0 Å². The van der Waals surface area contributed by atoms with Crippen molar-refractivity contribution >= 4 is 21.6 Å². The van der Waals surface area contributed by atoms with E-state index in [9.17, 15) is 22.0 Å². The van der Waals surface area contributed by atoms with Crippen molar-refractivity contribution in [3.05, 3.63) is 53.6 Å². The Kier molecular flexibility index (Phi) is 5.70. The molecule has 0 saturated heterocycles. The van der Waals surface area contributed by atoms with E-state index in [1.165, 1.54) is 49.5 Å². The molecule has 2 aromatic carbocycles. The van der Waals surface area contributed by atoms with Crippen LogP contribution in [0, 0.1) is 6.92 Å². The first-order chi connectivity index (χ1) is 11.7. The van der Waals surface area contributed by atoms with E-state index in [2.05, 4.69) is 14.8 Å². The molecule has 1 amide bonds. The summed E-state index contributed by atoms with van der Waals surface area (Å²) in [5, 5.41) is 2.48. The summed E-state index contributed by atoms with van der Waals surface area (Å²) in [5.74, 6) is -0.974. The van der Waals surface area contributed by atoms with E-state index in [1.807, 2.05) is 0 Å². The van der Waals surface area contributed by atoms with Gasteiger partial charge in [-0.05, 0) is 43.8 Å². The maximum Gasteiger partial charge on any atom is 0.387 e. The zero-order chi connectivity index (χ0) is 18.6. The van der Waals surface area contributed by atoms with E-state index in [1.54, 1.807) is 6.92 Å². The van der Waals surface area contributed by atoms with Crippen molar-refractivity contribution in [2.75, 3.05) is 12.4 Å². The Labute approximate surface area is 143 Å². The first-order valence-corrected chi connectivity index (χ1v) is 8.62. The second-order valence-electron chi connectivity index (χ2n) is 5.02. The number of sulfonamides is 1. The molecule has 0 unspecified atom stereocenters. The topological polar surface area (TPSA) is 84.5 Å². The Hall–Kier alpha value is -2.52. The summed E-state index contributed by atoms with van der Waals surface area (Å²) in [6.45, 7) is -1.46. The number of para-hydroxylation sites is 1. The quantitative estimate of drug-likeness (QED) is 0.819. The van der Waals surface area contributed by atoms with Crippen LogP contribution in [0.2, 0.25) is 0 Å². The predicted octanol–water partition coefficient (Wildman–Crippen LogP) is 2.76. The molecule has 0 bridgehead atoms. The van der Waals surface area contributed by atoms with Crippen molar-refractivity contribution in [3.8, 4) is 5.75 Å². The highest BCUT2D eigenvalue weighted by Crippen LogP contribution is 2.24. The lowest BCUT2D eigenvalue weighted by molar-refractivity contribution is -0.0501. The molecule has 0 radical (unpaired) electrons. The summed E-state index contributed by atoms with van der Waals surface area (Å²) in [4.78, 5) is 12.3. The van der Waals surface area contributed by atoms with Gasteiger partial charge >= 0.3 is 6.61 Å². The summed E-state index contributed by atoms with van der Waals surface area (Å²) in [7, 11) is -2.43. The van der Waals surface area contributed by atoms with Crippen LogP contribution in [0.1, 0.15) is 15.9 Å². The Morgan fingerprint density at radius 3 is 2.48 bits per heavy atom. The molecule has 0 aliphatic carbocycles. The van der Waals surface area contributed by atoms with E-state index in [4.69, 9.17) is 0 Å². The number of benzene rings is 2. The number of anilines is 1. The highest BCUT2D eigenvalue weighted by atomic mass is 32.2. The number of nitrogens with one attached hydrogen (secondary N) is 2. The summed E-state index contributed by atoms with van der Waals surface area (Å²) >= 11 is 0. The average molecular weight is 370 g/mol. The monoisotopic (exact) mass is 370 g/mol. The zero-order valence-corrected chi connectivity index (χ0v) is 14.2. The van der Waals surface area contributed by atoms with Gasteiger partial charge in [0.15, 0.2) is 0 Å². The van der Waals surface area contributed by atoms with Crippen LogP contribution in [0.4, 0.5) is 14.5 Å². The second-order valence-corrected chi connectivity index (χ2v) is 6.87. The average Bonchev–Trinajstić information content (AvgIpc) is 2.56. The third-order valence-corrected chi connectivity index (χ3v) is 4.91. The van der Waals surface area contributed by atoms with Crippen LogP contribution >= 0.6 is 0 Å². The van der Waals surface area contributed by atoms with Crippen molar-refractivity contribution < 1.29 is 26.7 Å². The van der Waals surface area contributed by atoms with Gasteiger partial charge in [-0.15, -0.1) is 0 Å². The fraction of sp³-hybridized carbons (Fsp3) is 0.188. The number of ether oxygens (including phenoxy) is 1. The number of halogens is 2. The van der Waals surface area contributed by atoms with Gasteiger partial charge in [-0.1, -0.05) is 18.2 Å². The number of amides is 1. The van der Waals surface area contributed by atoms with Crippen LogP contribution in [-0.2, 0) is 10.0 Å². The normalized spacial score (nSPS) is 11.4. The first-order valence-electron chi connectivity index (χ1n) is 7.14. The van der Waals surface area contributed by atoms with Gasteiger partial charge in [-0.3, -0.25) is 4.79 Å². The van der Waals surface area contributed by atoms with Crippen molar-refractivity contribution in [1.29, 1.82) is 0 Å². The molecular formula is C16H16F2N2O4S. The van der Waals surface area contributed by atoms with Gasteiger partial charge < -0.3 is 10.1 Å². The van der Waals surface area contributed by atoms with Gasteiger partial charge in [0.2, 0.25) is 10.0 Å². The van der Waals surface area contributed by atoms with E-state index >= 15 is 0 Å². The lowest BCUT2D eigenvalue weighted by Gasteiger charge is -2.12. The summed E-state index contributed by atoms with van der Waals surface area (Å²) < 4.78 is 55.3. The van der Waals surface area contributed by atoms with Gasteiger partial charge in [-0.2, -0.15) is 8.78 Å². The van der Waals surface area contributed by atoms with Crippen LogP contribution in [0.3, 0.4) is 0 Å². The first kappa shape index (κ1) is 18.8. The number of alkyl halides is 2. The number of hydrogen-bond donors (Lipinski definition) is 2. The molecule has 0 heterocycles. The van der Waals surface area contributed by atoms with Crippen molar-refractivity contribution in [3.63, 3.8) is 0 Å². The van der Waals surface area contributed by atoms with Gasteiger partial charge in [-0.25, -0.2) is 13.1 Å². The van der Waals surface area contributed by atoms with Crippen molar-refractivity contribution in [2.24, 2.45) is 0 Å². The fourth-order valence-electron chi connectivity index (χ4n) is 2.13. The van der Waals surface area contributed by atoms with Gasteiger partial charge in [0.1, 0.15) is 5.75 Å². The van der Waals surface area contributed by atoms with Crippen molar-refractivity contribution in [1.82, 2.24) is 4.72 Å². The molecule has 0 aliphatic heterocycles. The second kappa shape index (κ2) is 7.58. The zero-order valence-electron chi connectivity index (χ0n) is 13.4. The predicted molar refractivity (Wildman–Crippen MR) is 88.5 cm³/mol. The van der Waals surface area contributed by atoms with E-state index in [0.717, 1.165) is 0 Å². The van der Waals surface area contributed by atoms with Crippen molar-refractivity contribution in [2.45, 2.75) is 18.4 Å². The Balaban J connectivity index is 2.32. The highest BCUT2D eigenvalue weighted by molar-refractivity contribution is 7.89. The van der Waals surface area contributed by atoms with Crippen LogP contribution < -0.4 is 14.8 Å². The SMILES string of the molecule is CNS(=O)(=O)c1cc(NC(=O)c2ccccc2OC(F)F)ccc1C. The molecule has 0 fully saturated rings. The minimum absolute atomic E-state index is 0.00455.